The van der Waals surface area contributed by atoms with E-state index in [1.54, 1.807) is 35.6 Å². The number of aliphatic imine (C=N–C) groups is 2. The molecular weight excluding hydrogens is 459 g/mol. The number of aryl methyl sites for hydroxylation is 2. The Morgan fingerprint density at radius 2 is 1.82 bits per heavy atom. The molecule has 0 radical (unpaired) electrons. The van der Waals surface area contributed by atoms with E-state index in [1.807, 2.05) is 6.92 Å². The number of alkyl halides is 3. The molecule has 3 aromatic rings. The fraction of sp³-hybridized carbons (Fsp3) is 0.238. The summed E-state index contributed by atoms with van der Waals surface area (Å²) in [4.78, 5) is 8.94. The smallest absolute Gasteiger partial charge is 0.406 e. The number of fused-ring (bicyclic) bond motifs is 1. The summed E-state index contributed by atoms with van der Waals surface area (Å²) < 4.78 is 44.5. The number of hydrogen-bond donors (Lipinski definition) is 1. The monoisotopic (exact) mass is 477 g/mol. The second-order valence-corrected chi connectivity index (χ2v) is 7.68. The van der Waals surface area contributed by atoms with Crippen molar-refractivity contribution in [1.29, 1.82) is 0 Å². The largest absolute Gasteiger partial charge is 0.573 e. The van der Waals surface area contributed by atoms with E-state index in [1.165, 1.54) is 24.3 Å². The molecule has 1 aliphatic rings. The predicted molar refractivity (Wildman–Crippen MR) is 120 cm³/mol. The fourth-order valence-corrected chi connectivity index (χ4v) is 3.64. The van der Waals surface area contributed by atoms with Gasteiger partial charge in [-0.15, -0.1) is 13.2 Å². The van der Waals surface area contributed by atoms with Gasteiger partial charge in [0.1, 0.15) is 11.6 Å². The van der Waals surface area contributed by atoms with E-state index in [2.05, 4.69) is 24.9 Å². The molecule has 8 nitrogen and oxygen atoms in total. The third-order valence-corrected chi connectivity index (χ3v) is 5.48. The van der Waals surface area contributed by atoms with Crippen molar-refractivity contribution < 1.29 is 17.9 Å². The molecule has 1 aliphatic heterocycles. The number of halogens is 4. The molecule has 1 aromatic carbocycles. The lowest BCUT2D eigenvalue weighted by Gasteiger charge is -2.10. The van der Waals surface area contributed by atoms with E-state index in [4.69, 9.17) is 17.3 Å². The SMILES string of the molecule is Cc1nn(C2=CC(N)=Nc3nn(C)c(-c4ccc(OC(F)(F)F)cc4)c3CC=N2)c(C)c1Cl. The third-order valence-electron chi connectivity index (χ3n) is 4.94. The molecule has 2 aromatic heterocycles. The lowest BCUT2D eigenvalue weighted by Crippen LogP contribution is -2.16. The summed E-state index contributed by atoms with van der Waals surface area (Å²) in [6, 6.07) is 5.54. The van der Waals surface area contributed by atoms with Gasteiger partial charge in [-0.2, -0.15) is 10.2 Å². The lowest BCUT2D eigenvalue weighted by atomic mass is 10.0. The van der Waals surface area contributed by atoms with E-state index < -0.39 is 6.36 Å². The molecule has 0 fully saturated rings. The van der Waals surface area contributed by atoms with Crippen molar-refractivity contribution in [2.75, 3.05) is 0 Å². The Morgan fingerprint density at radius 1 is 1.12 bits per heavy atom. The Labute approximate surface area is 191 Å². The van der Waals surface area contributed by atoms with Crippen LogP contribution in [-0.2, 0) is 13.5 Å². The highest BCUT2D eigenvalue weighted by molar-refractivity contribution is 6.31. The zero-order valence-electron chi connectivity index (χ0n) is 17.9. The standard InChI is InChI=1S/C21H19ClF3N7O/c1-11-18(22)12(2)32(29-11)17-10-16(26)28-20-15(8-9-27-17)19(31(3)30-20)13-4-6-14(7-5-13)33-21(23,24)25/h4-7,9-10H,8H2,1-3H3,(H2,26,28,30). The van der Waals surface area contributed by atoms with Crippen LogP contribution in [-0.4, -0.2) is 38.0 Å². The number of nitrogens with zero attached hydrogens (tertiary/aromatic N) is 6. The summed E-state index contributed by atoms with van der Waals surface area (Å²) in [5.74, 6) is 0.673. The first-order valence-electron chi connectivity index (χ1n) is 9.76. The molecule has 3 heterocycles. The Hall–Kier alpha value is -3.60. The molecule has 0 unspecified atom stereocenters. The van der Waals surface area contributed by atoms with Gasteiger partial charge in [-0.25, -0.2) is 14.7 Å². The van der Waals surface area contributed by atoms with Crippen LogP contribution in [0.3, 0.4) is 0 Å². The Morgan fingerprint density at radius 3 is 2.42 bits per heavy atom. The third kappa shape index (κ3) is 4.63. The summed E-state index contributed by atoms with van der Waals surface area (Å²) in [5.41, 5.74) is 9.54. The molecule has 0 spiro atoms. The maximum atomic E-state index is 12.5. The van der Waals surface area contributed by atoms with E-state index in [0.717, 1.165) is 5.56 Å². The number of ether oxygens (including phenoxy) is 1. The average Bonchev–Trinajstić information content (AvgIpc) is 3.18. The van der Waals surface area contributed by atoms with Crippen molar-refractivity contribution >= 4 is 35.3 Å². The van der Waals surface area contributed by atoms with E-state index >= 15 is 0 Å². The van der Waals surface area contributed by atoms with E-state index in [9.17, 15) is 13.2 Å². The molecule has 172 valence electrons. The van der Waals surface area contributed by atoms with Crippen LogP contribution in [0.15, 0.2) is 40.3 Å². The number of nitrogens with two attached hydrogens (primary N) is 1. The van der Waals surface area contributed by atoms with Gasteiger partial charge in [-0.3, -0.25) is 4.68 Å². The topological polar surface area (TPSA) is 95.6 Å². The molecule has 0 saturated carbocycles. The van der Waals surface area contributed by atoms with Gasteiger partial charge < -0.3 is 10.5 Å². The second-order valence-electron chi connectivity index (χ2n) is 7.30. The van der Waals surface area contributed by atoms with Gasteiger partial charge in [0, 0.05) is 36.9 Å². The zero-order valence-corrected chi connectivity index (χ0v) is 18.6. The minimum Gasteiger partial charge on any atom is -0.406 e. The van der Waals surface area contributed by atoms with E-state index in [0.29, 0.717) is 45.7 Å². The van der Waals surface area contributed by atoms with Gasteiger partial charge in [0.15, 0.2) is 11.6 Å². The zero-order chi connectivity index (χ0) is 23.9. The molecule has 33 heavy (non-hydrogen) atoms. The summed E-state index contributed by atoms with van der Waals surface area (Å²) in [5, 5.41) is 9.38. The molecule has 0 bridgehead atoms. The number of rotatable bonds is 3. The summed E-state index contributed by atoms with van der Waals surface area (Å²) in [7, 11) is 1.72. The first kappa shape index (κ1) is 22.6. The van der Waals surface area contributed by atoms with Crippen molar-refractivity contribution in [2.45, 2.75) is 26.6 Å². The van der Waals surface area contributed by atoms with Crippen LogP contribution >= 0.6 is 11.6 Å². The maximum Gasteiger partial charge on any atom is 0.573 e. The van der Waals surface area contributed by atoms with Crippen LogP contribution in [0.25, 0.3) is 17.1 Å². The number of amidine groups is 1. The summed E-state index contributed by atoms with van der Waals surface area (Å²) in [6.07, 6.45) is -1.17. The van der Waals surface area contributed by atoms with Crippen LogP contribution in [0.2, 0.25) is 5.02 Å². The Kier molecular flexibility index (Phi) is 5.75. The van der Waals surface area contributed by atoms with Crippen LogP contribution < -0.4 is 10.5 Å². The molecule has 0 aliphatic carbocycles. The van der Waals surface area contributed by atoms with Crippen molar-refractivity contribution in [2.24, 2.45) is 22.8 Å². The van der Waals surface area contributed by atoms with Gasteiger partial charge in [-0.05, 0) is 38.1 Å². The quantitative estimate of drug-likeness (QED) is 0.598. The minimum atomic E-state index is -4.76. The van der Waals surface area contributed by atoms with Crippen LogP contribution in [0.4, 0.5) is 19.0 Å². The highest BCUT2D eigenvalue weighted by Crippen LogP contribution is 2.33. The molecule has 0 amide bonds. The average molecular weight is 478 g/mol. The normalized spacial score (nSPS) is 14.2. The molecule has 0 atom stereocenters. The van der Waals surface area contributed by atoms with Crippen molar-refractivity contribution in [3.05, 3.63) is 52.3 Å². The molecular formula is C21H19ClF3N7O. The minimum absolute atomic E-state index is 0.160. The molecule has 12 heteroatoms. The Balaban J connectivity index is 1.72. The number of benzene rings is 1. The van der Waals surface area contributed by atoms with Crippen LogP contribution in [0.5, 0.6) is 5.75 Å². The number of hydrogen-bond acceptors (Lipinski definition) is 6. The van der Waals surface area contributed by atoms with Crippen molar-refractivity contribution in [3.63, 3.8) is 0 Å². The summed E-state index contributed by atoms with van der Waals surface area (Å²) in [6.45, 7) is 3.61. The van der Waals surface area contributed by atoms with Gasteiger partial charge in [0.2, 0.25) is 0 Å². The van der Waals surface area contributed by atoms with Gasteiger partial charge in [-0.1, -0.05) is 11.6 Å². The summed E-state index contributed by atoms with van der Waals surface area (Å²) >= 11 is 6.26. The predicted octanol–water partition coefficient (Wildman–Crippen LogP) is 4.57. The van der Waals surface area contributed by atoms with Gasteiger partial charge in [0.05, 0.1) is 22.1 Å². The molecule has 4 rings (SSSR count). The van der Waals surface area contributed by atoms with Gasteiger partial charge >= 0.3 is 6.36 Å². The first-order chi connectivity index (χ1) is 15.5. The van der Waals surface area contributed by atoms with Crippen molar-refractivity contribution in [3.8, 4) is 17.0 Å². The second kappa shape index (κ2) is 8.39. The Bertz CT molecular complexity index is 1300. The van der Waals surface area contributed by atoms with Crippen LogP contribution in [0.1, 0.15) is 17.0 Å². The van der Waals surface area contributed by atoms with Crippen molar-refractivity contribution in [1.82, 2.24) is 19.6 Å². The first-order valence-corrected chi connectivity index (χ1v) is 10.1. The lowest BCUT2D eigenvalue weighted by molar-refractivity contribution is -0.274. The van der Waals surface area contributed by atoms with E-state index in [-0.39, 0.29) is 11.6 Å². The molecule has 2 N–H and O–H groups in total. The number of aromatic nitrogens is 4. The molecule has 0 saturated heterocycles. The van der Waals surface area contributed by atoms with Crippen LogP contribution in [0, 0.1) is 13.8 Å². The highest BCUT2D eigenvalue weighted by atomic mass is 35.5. The highest BCUT2D eigenvalue weighted by Gasteiger charge is 2.31. The van der Waals surface area contributed by atoms with Gasteiger partial charge in [0.25, 0.3) is 0 Å². The fourth-order valence-electron chi connectivity index (χ4n) is 3.52. The maximum absolute atomic E-state index is 12.5.